The molecular weight excluding hydrogens is 376 g/mol. The quantitative estimate of drug-likeness (QED) is 0.812. The molecular formula is C17H21Cl2F3N2O. The number of hydrogen-bond donors (Lipinski definition) is 2. The molecule has 25 heavy (non-hydrogen) atoms. The second kappa shape index (κ2) is 8.94. The van der Waals surface area contributed by atoms with Gasteiger partial charge in [-0.15, -0.1) is 24.8 Å². The lowest BCUT2D eigenvalue weighted by atomic mass is 9.97. The monoisotopic (exact) mass is 396 g/mol. The molecule has 1 heterocycles. The molecule has 1 aliphatic heterocycles. The first-order valence-corrected chi connectivity index (χ1v) is 7.66. The molecule has 0 amide bonds. The van der Waals surface area contributed by atoms with Crippen molar-refractivity contribution in [2.24, 2.45) is 0 Å². The van der Waals surface area contributed by atoms with Gasteiger partial charge in [0, 0.05) is 32.2 Å². The minimum Gasteiger partial charge on any atom is -0.508 e. The topological polar surface area (TPSA) is 35.5 Å². The fourth-order valence-corrected chi connectivity index (χ4v) is 3.13. The predicted octanol–water partition coefficient (Wildman–Crippen LogP) is 4.29. The average Bonchev–Trinajstić information content (AvgIpc) is 2.52. The molecule has 1 fully saturated rings. The van der Waals surface area contributed by atoms with Crippen molar-refractivity contribution in [2.75, 3.05) is 26.2 Å². The van der Waals surface area contributed by atoms with Crippen LogP contribution < -0.4 is 5.32 Å². The smallest absolute Gasteiger partial charge is 0.390 e. The van der Waals surface area contributed by atoms with Crippen LogP contribution in [0.15, 0.2) is 36.4 Å². The number of nitrogens with one attached hydrogen (secondary N) is 1. The maximum atomic E-state index is 13.0. The van der Waals surface area contributed by atoms with Crippen LogP contribution >= 0.6 is 24.8 Å². The molecule has 8 heteroatoms. The van der Waals surface area contributed by atoms with Gasteiger partial charge in [0.2, 0.25) is 0 Å². The van der Waals surface area contributed by atoms with Crippen molar-refractivity contribution in [1.29, 1.82) is 0 Å². The second-order valence-electron chi connectivity index (χ2n) is 5.91. The highest BCUT2D eigenvalue weighted by molar-refractivity contribution is 5.86. The Hall–Kier alpha value is -1.21. The molecule has 2 N–H and O–H groups in total. The van der Waals surface area contributed by atoms with E-state index >= 15 is 0 Å². The standard InChI is InChI=1S/C17H19F3N2O.2ClH/c18-17(19,20)11-16(22-7-5-21-6-8-22)14-2-1-13-10-15(23)4-3-12(13)9-14;;/h1-4,9-10,16,21,23H,5-8,11H2;2*1H/t16-;;/m1../s1. The van der Waals surface area contributed by atoms with Crippen molar-refractivity contribution >= 4 is 35.6 Å². The lowest BCUT2D eigenvalue weighted by Crippen LogP contribution is -2.46. The van der Waals surface area contributed by atoms with Crippen LogP contribution in [0.3, 0.4) is 0 Å². The SMILES string of the molecule is Cl.Cl.Oc1ccc2cc([C@@H](CC(F)(F)F)N3CCNCC3)ccc2c1. The van der Waals surface area contributed by atoms with E-state index in [1.165, 1.54) is 0 Å². The molecule has 1 saturated heterocycles. The maximum Gasteiger partial charge on any atom is 0.390 e. The molecule has 3 rings (SSSR count). The largest absolute Gasteiger partial charge is 0.508 e. The molecule has 0 bridgehead atoms. The Kier molecular flexibility index (Phi) is 7.81. The Morgan fingerprint density at radius 1 is 1.00 bits per heavy atom. The molecule has 0 aliphatic carbocycles. The highest BCUT2D eigenvalue weighted by Gasteiger charge is 2.35. The van der Waals surface area contributed by atoms with E-state index in [2.05, 4.69) is 5.32 Å². The van der Waals surface area contributed by atoms with E-state index in [1.807, 2.05) is 4.90 Å². The van der Waals surface area contributed by atoms with E-state index < -0.39 is 18.6 Å². The van der Waals surface area contributed by atoms with Crippen LogP contribution in [0.25, 0.3) is 10.8 Å². The summed E-state index contributed by atoms with van der Waals surface area (Å²) < 4.78 is 39.1. The third-order valence-corrected chi connectivity index (χ3v) is 4.25. The Morgan fingerprint density at radius 3 is 2.24 bits per heavy atom. The van der Waals surface area contributed by atoms with Crippen LogP contribution in [0.5, 0.6) is 5.75 Å². The van der Waals surface area contributed by atoms with Gasteiger partial charge in [-0.05, 0) is 34.5 Å². The van der Waals surface area contributed by atoms with Crippen LogP contribution in [0.1, 0.15) is 18.0 Å². The molecule has 0 radical (unpaired) electrons. The van der Waals surface area contributed by atoms with Crippen molar-refractivity contribution in [1.82, 2.24) is 10.2 Å². The van der Waals surface area contributed by atoms with Crippen molar-refractivity contribution in [3.05, 3.63) is 42.0 Å². The van der Waals surface area contributed by atoms with Crippen molar-refractivity contribution in [2.45, 2.75) is 18.6 Å². The average molecular weight is 397 g/mol. The fraction of sp³-hybridized carbons (Fsp3) is 0.412. The Balaban J connectivity index is 0.00000156. The summed E-state index contributed by atoms with van der Waals surface area (Å²) in [6.07, 6.45) is -5.06. The van der Waals surface area contributed by atoms with E-state index in [0.717, 1.165) is 10.8 Å². The summed E-state index contributed by atoms with van der Waals surface area (Å²) >= 11 is 0. The highest BCUT2D eigenvalue weighted by Crippen LogP contribution is 2.35. The van der Waals surface area contributed by atoms with Crippen LogP contribution in [0.4, 0.5) is 13.2 Å². The minimum absolute atomic E-state index is 0. The van der Waals surface area contributed by atoms with Crippen LogP contribution in [0, 0.1) is 0 Å². The van der Waals surface area contributed by atoms with Gasteiger partial charge in [-0.3, -0.25) is 4.90 Å². The minimum atomic E-state index is -4.21. The number of nitrogens with zero attached hydrogens (tertiary/aromatic N) is 1. The zero-order chi connectivity index (χ0) is 16.4. The van der Waals surface area contributed by atoms with Gasteiger partial charge in [-0.25, -0.2) is 0 Å². The third kappa shape index (κ3) is 5.64. The summed E-state index contributed by atoms with van der Waals surface area (Å²) in [6.45, 7) is 2.62. The predicted molar refractivity (Wildman–Crippen MR) is 98.0 cm³/mol. The van der Waals surface area contributed by atoms with Gasteiger partial charge in [-0.2, -0.15) is 13.2 Å². The second-order valence-corrected chi connectivity index (χ2v) is 5.91. The summed E-state index contributed by atoms with van der Waals surface area (Å²) in [7, 11) is 0. The van der Waals surface area contributed by atoms with Gasteiger partial charge in [0.1, 0.15) is 5.75 Å². The molecule has 1 atom stereocenters. The number of aromatic hydroxyl groups is 1. The zero-order valence-electron chi connectivity index (χ0n) is 13.4. The summed E-state index contributed by atoms with van der Waals surface area (Å²) in [4.78, 5) is 1.89. The molecule has 1 aliphatic rings. The first-order chi connectivity index (χ1) is 10.9. The van der Waals surface area contributed by atoms with E-state index in [-0.39, 0.29) is 30.6 Å². The lowest BCUT2D eigenvalue weighted by molar-refractivity contribution is -0.148. The maximum absolute atomic E-state index is 13.0. The number of phenols is 1. The number of phenolic OH excluding ortho intramolecular Hbond substituents is 1. The first kappa shape index (κ1) is 21.8. The lowest BCUT2D eigenvalue weighted by Gasteiger charge is -2.35. The highest BCUT2D eigenvalue weighted by atomic mass is 35.5. The molecule has 0 spiro atoms. The van der Waals surface area contributed by atoms with Gasteiger partial charge in [0.15, 0.2) is 0 Å². The number of benzene rings is 2. The number of alkyl halides is 3. The van der Waals surface area contributed by atoms with Crippen LogP contribution in [-0.4, -0.2) is 42.4 Å². The Morgan fingerprint density at radius 2 is 1.60 bits per heavy atom. The van der Waals surface area contributed by atoms with E-state index in [0.29, 0.717) is 31.7 Å². The normalized spacial score (nSPS) is 16.8. The molecule has 0 saturated carbocycles. The van der Waals surface area contributed by atoms with Crippen LogP contribution in [0.2, 0.25) is 0 Å². The molecule has 2 aromatic rings. The summed E-state index contributed by atoms with van der Waals surface area (Å²) in [5, 5.41) is 14.3. The van der Waals surface area contributed by atoms with Crippen molar-refractivity contribution in [3.8, 4) is 5.75 Å². The molecule has 140 valence electrons. The van der Waals surface area contributed by atoms with Gasteiger partial charge in [0.05, 0.1) is 6.42 Å². The first-order valence-electron chi connectivity index (χ1n) is 7.66. The van der Waals surface area contributed by atoms with E-state index in [1.54, 1.807) is 36.4 Å². The number of hydrogen-bond acceptors (Lipinski definition) is 3. The number of rotatable bonds is 3. The fourth-order valence-electron chi connectivity index (χ4n) is 3.13. The number of piperazine rings is 1. The third-order valence-electron chi connectivity index (χ3n) is 4.25. The van der Waals surface area contributed by atoms with Crippen molar-refractivity contribution < 1.29 is 18.3 Å². The molecule has 0 aromatic heterocycles. The Labute approximate surface area is 157 Å². The Bertz CT molecular complexity index is 691. The summed E-state index contributed by atoms with van der Waals surface area (Å²) in [6, 6.07) is 9.54. The van der Waals surface area contributed by atoms with Gasteiger partial charge in [0.25, 0.3) is 0 Å². The molecule has 2 aromatic carbocycles. The molecule has 0 unspecified atom stereocenters. The number of fused-ring (bicyclic) bond motifs is 1. The summed E-state index contributed by atoms with van der Waals surface area (Å²) in [5.41, 5.74) is 0.669. The van der Waals surface area contributed by atoms with E-state index in [9.17, 15) is 18.3 Å². The van der Waals surface area contributed by atoms with Gasteiger partial charge < -0.3 is 10.4 Å². The van der Waals surface area contributed by atoms with E-state index in [4.69, 9.17) is 0 Å². The van der Waals surface area contributed by atoms with Crippen LogP contribution in [-0.2, 0) is 0 Å². The van der Waals surface area contributed by atoms with Gasteiger partial charge in [-0.1, -0.05) is 18.2 Å². The summed E-state index contributed by atoms with van der Waals surface area (Å²) in [5.74, 6) is 0.152. The van der Waals surface area contributed by atoms with Gasteiger partial charge >= 0.3 is 6.18 Å². The zero-order valence-corrected chi connectivity index (χ0v) is 15.1. The number of halogens is 5. The molecule has 3 nitrogen and oxygen atoms in total. The van der Waals surface area contributed by atoms with Crippen molar-refractivity contribution in [3.63, 3.8) is 0 Å².